The summed E-state index contributed by atoms with van der Waals surface area (Å²) in [6.45, 7) is 7.30. The van der Waals surface area contributed by atoms with E-state index in [-0.39, 0.29) is 0 Å². The summed E-state index contributed by atoms with van der Waals surface area (Å²) in [6, 6.07) is 0.844. The van der Waals surface area contributed by atoms with Gasteiger partial charge in [-0.05, 0) is 57.5 Å². The van der Waals surface area contributed by atoms with Gasteiger partial charge in [0.05, 0.1) is 0 Å². The van der Waals surface area contributed by atoms with Crippen LogP contribution in [0.25, 0.3) is 0 Å². The number of hydrogen-bond acceptors (Lipinski definition) is 1. The van der Waals surface area contributed by atoms with Gasteiger partial charge in [-0.1, -0.05) is 59.3 Å². The molecule has 120 valence electrons. The smallest absolute Gasteiger partial charge is 0.00893 e. The van der Waals surface area contributed by atoms with Gasteiger partial charge in [0.2, 0.25) is 0 Å². The van der Waals surface area contributed by atoms with E-state index in [1.165, 1.54) is 70.6 Å². The van der Waals surface area contributed by atoms with Gasteiger partial charge in [-0.2, -0.15) is 0 Å². The standard InChI is InChI=1S/C19H39N/c1-6-8-9-10-11-16-19(3,7-2)17-12-14-18(15-13-17)20(4)5/h17-18H,6-16H2,1-5H3. The fourth-order valence-electron chi connectivity index (χ4n) is 4.09. The van der Waals surface area contributed by atoms with Crippen LogP contribution in [0.1, 0.15) is 91.4 Å². The summed E-state index contributed by atoms with van der Waals surface area (Å²) < 4.78 is 0. The highest BCUT2D eigenvalue weighted by molar-refractivity contribution is 4.87. The van der Waals surface area contributed by atoms with E-state index in [0.717, 1.165) is 12.0 Å². The van der Waals surface area contributed by atoms with Gasteiger partial charge in [0.1, 0.15) is 0 Å². The summed E-state index contributed by atoms with van der Waals surface area (Å²) in [4.78, 5) is 2.43. The minimum atomic E-state index is 0.615. The lowest BCUT2D eigenvalue weighted by Crippen LogP contribution is -2.37. The molecule has 0 radical (unpaired) electrons. The van der Waals surface area contributed by atoms with Crippen molar-refractivity contribution in [3.8, 4) is 0 Å². The molecule has 1 fully saturated rings. The SMILES string of the molecule is CCCCCCCC(C)(CC)C1CCC(N(C)C)CC1. The molecule has 0 aromatic heterocycles. The number of unbranched alkanes of at least 4 members (excludes halogenated alkanes) is 4. The maximum atomic E-state index is 2.58. The van der Waals surface area contributed by atoms with Crippen LogP contribution in [0, 0.1) is 11.3 Å². The number of rotatable bonds is 9. The van der Waals surface area contributed by atoms with E-state index in [2.05, 4.69) is 39.8 Å². The van der Waals surface area contributed by atoms with E-state index in [4.69, 9.17) is 0 Å². The minimum absolute atomic E-state index is 0.615. The summed E-state index contributed by atoms with van der Waals surface area (Å²) in [7, 11) is 4.50. The fourth-order valence-corrected chi connectivity index (χ4v) is 4.09. The first-order valence-corrected chi connectivity index (χ1v) is 9.20. The molecule has 1 rings (SSSR count). The minimum Gasteiger partial charge on any atom is -0.306 e. The molecule has 1 aliphatic carbocycles. The topological polar surface area (TPSA) is 3.24 Å². The van der Waals surface area contributed by atoms with Crippen LogP contribution in [-0.4, -0.2) is 25.0 Å². The molecule has 1 aliphatic rings. The zero-order valence-electron chi connectivity index (χ0n) is 14.9. The third-order valence-electron chi connectivity index (χ3n) is 6.07. The fraction of sp³-hybridized carbons (Fsp3) is 1.00. The van der Waals surface area contributed by atoms with Crippen molar-refractivity contribution in [2.45, 2.75) is 97.4 Å². The predicted molar refractivity (Wildman–Crippen MR) is 91.2 cm³/mol. The lowest BCUT2D eigenvalue weighted by Gasteiger charge is -2.43. The van der Waals surface area contributed by atoms with Gasteiger partial charge in [0.15, 0.2) is 0 Å². The molecule has 0 bridgehead atoms. The van der Waals surface area contributed by atoms with E-state index < -0.39 is 0 Å². The normalized spacial score (nSPS) is 26.7. The second-order valence-electron chi connectivity index (χ2n) is 7.64. The van der Waals surface area contributed by atoms with Crippen molar-refractivity contribution in [1.82, 2.24) is 4.90 Å². The molecule has 0 saturated heterocycles. The zero-order chi connectivity index (χ0) is 15.0. The van der Waals surface area contributed by atoms with Gasteiger partial charge in [0.25, 0.3) is 0 Å². The van der Waals surface area contributed by atoms with Crippen LogP contribution in [-0.2, 0) is 0 Å². The van der Waals surface area contributed by atoms with Crippen LogP contribution in [0.4, 0.5) is 0 Å². The Balaban J connectivity index is 2.36. The van der Waals surface area contributed by atoms with Crippen LogP contribution in [0.15, 0.2) is 0 Å². The highest BCUT2D eigenvalue weighted by Crippen LogP contribution is 2.44. The van der Waals surface area contributed by atoms with Crippen molar-refractivity contribution in [1.29, 1.82) is 0 Å². The molecule has 1 nitrogen and oxygen atoms in total. The molecule has 20 heavy (non-hydrogen) atoms. The molecule has 1 saturated carbocycles. The quantitative estimate of drug-likeness (QED) is 0.477. The van der Waals surface area contributed by atoms with E-state index >= 15 is 0 Å². The van der Waals surface area contributed by atoms with Crippen molar-refractivity contribution in [2.75, 3.05) is 14.1 Å². The molecule has 0 heterocycles. The Labute approximate surface area is 128 Å². The van der Waals surface area contributed by atoms with Gasteiger partial charge < -0.3 is 4.90 Å². The number of nitrogens with zero attached hydrogens (tertiary/aromatic N) is 1. The third kappa shape index (κ3) is 5.39. The predicted octanol–water partition coefficient (Wildman–Crippen LogP) is 5.88. The average molecular weight is 282 g/mol. The van der Waals surface area contributed by atoms with Crippen LogP contribution < -0.4 is 0 Å². The second-order valence-corrected chi connectivity index (χ2v) is 7.64. The van der Waals surface area contributed by atoms with Crippen LogP contribution in [0.3, 0.4) is 0 Å². The Morgan fingerprint density at radius 3 is 2.00 bits per heavy atom. The highest BCUT2D eigenvalue weighted by atomic mass is 15.1. The summed E-state index contributed by atoms with van der Waals surface area (Å²) in [5.74, 6) is 0.981. The summed E-state index contributed by atoms with van der Waals surface area (Å²) in [5.41, 5.74) is 0.615. The van der Waals surface area contributed by atoms with Gasteiger partial charge in [-0.25, -0.2) is 0 Å². The van der Waals surface area contributed by atoms with Crippen molar-refractivity contribution >= 4 is 0 Å². The van der Waals surface area contributed by atoms with Gasteiger partial charge >= 0.3 is 0 Å². The number of hydrogen-bond donors (Lipinski definition) is 0. The van der Waals surface area contributed by atoms with Crippen LogP contribution in [0.5, 0.6) is 0 Å². The average Bonchev–Trinajstić information content (AvgIpc) is 2.47. The Kier molecular flexibility index (Phi) is 8.17. The molecular weight excluding hydrogens is 242 g/mol. The first-order valence-electron chi connectivity index (χ1n) is 9.20. The lowest BCUT2D eigenvalue weighted by atomic mass is 9.65. The molecule has 0 N–H and O–H groups in total. The molecule has 1 unspecified atom stereocenters. The van der Waals surface area contributed by atoms with Gasteiger partial charge in [-0.3, -0.25) is 0 Å². The monoisotopic (exact) mass is 281 g/mol. The molecular formula is C19H39N. The van der Waals surface area contributed by atoms with Crippen molar-refractivity contribution in [2.24, 2.45) is 11.3 Å². The highest BCUT2D eigenvalue weighted by Gasteiger charge is 2.35. The molecule has 0 amide bonds. The molecule has 1 heteroatoms. The molecule has 0 aliphatic heterocycles. The molecule has 0 aromatic carbocycles. The summed E-state index contributed by atoms with van der Waals surface area (Å²) in [6.07, 6.45) is 15.7. The third-order valence-corrected chi connectivity index (χ3v) is 6.07. The Hall–Kier alpha value is -0.0400. The van der Waals surface area contributed by atoms with Crippen LogP contribution in [0.2, 0.25) is 0 Å². The first kappa shape index (κ1) is 18.0. The second kappa shape index (κ2) is 9.07. The van der Waals surface area contributed by atoms with E-state index in [9.17, 15) is 0 Å². The maximum Gasteiger partial charge on any atom is 0.00893 e. The molecule has 0 spiro atoms. The Morgan fingerprint density at radius 2 is 1.50 bits per heavy atom. The van der Waals surface area contributed by atoms with Gasteiger partial charge in [-0.15, -0.1) is 0 Å². The molecule has 1 atom stereocenters. The van der Waals surface area contributed by atoms with Crippen molar-refractivity contribution in [3.63, 3.8) is 0 Å². The van der Waals surface area contributed by atoms with Gasteiger partial charge in [0, 0.05) is 6.04 Å². The largest absolute Gasteiger partial charge is 0.306 e. The van der Waals surface area contributed by atoms with Crippen LogP contribution >= 0.6 is 0 Å². The van der Waals surface area contributed by atoms with E-state index in [1.807, 2.05) is 0 Å². The summed E-state index contributed by atoms with van der Waals surface area (Å²) >= 11 is 0. The Bertz CT molecular complexity index is 240. The Morgan fingerprint density at radius 1 is 0.900 bits per heavy atom. The summed E-state index contributed by atoms with van der Waals surface area (Å²) in [5, 5.41) is 0. The van der Waals surface area contributed by atoms with Crippen molar-refractivity contribution < 1.29 is 0 Å². The van der Waals surface area contributed by atoms with E-state index in [0.29, 0.717) is 5.41 Å². The van der Waals surface area contributed by atoms with Crippen molar-refractivity contribution in [3.05, 3.63) is 0 Å². The zero-order valence-corrected chi connectivity index (χ0v) is 14.9. The maximum absolute atomic E-state index is 2.58. The lowest BCUT2D eigenvalue weighted by molar-refractivity contribution is 0.0838. The first-order chi connectivity index (χ1) is 9.53. The van der Waals surface area contributed by atoms with E-state index in [1.54, 1.807) is 0 Å². The molecule has 0 aromatic rings.